The molecule has 4 heteroatoms. The van der Waals surface area contributed by atoms with Crippen molar-refractivity contribution in [3.8, 4) is 0 Å². The molecule has 0 aliphatic heterocycles. The first-order valence-electron chi connectivity index (χ1n) is 5.50. The average molecular weight is 312 g/mol. The molecule has 2 aromatic carbocycles. The maximum Gasteiger partial charge on any atom is 0.126 e. The number of nitrogens with one attached hydrogen (secondary N) is 1. The molecule has 2 rings (SSSR count). The van der Waals surface area contributed by atoms with Crippen LogP contribution in [0.4, 0.5) is 14.5 Å². The fourth-order valence-electron chi connectivity index (χ4n) is 1.58. The summed E-state index contributed by atoms with van der Waals surface area (Å²) in [5.41, 5.74) is 2.24. The number of rotatable bonds is 3. The second-order valence-electron chi connectivity index (χ2n) is 4.06. The van der Waals surface area contributed by atoms with Gasteiger partial charge < -0.3 is 5.32 Å². The van der Waals surface area contributed by atoms with Gasteiger partial charge in [-0.3, -0.25) is 0 Å². The Morgan fingerprint density at radius 1 is 1.11 bits per heavy atom. The van der Waals surface area contributed by atoms with Crippen LogP contribution in [0.5, 0.6) is 0 Å². The van der Waals surface area contributed by atoms with E-state index >= 15 is 0 Å². The highest BCUT2D eigenvalue weighted by molar-refractivity contribution is 9.10. The zero-order valence-corrected chi connectivity index (χ0v) is 11.4. The summed E-state index contributed by atoms with van der Waals surface area (Å²) in [6.45, 7) is 2.21. The van der Waals surface area contributed by atoms with E-state index in [1.165, 1.54) is 18.2 Å². The molecule has 1 N–H and O–H groups in total. The molecule has 0 saturated carbocycles. The van der Waals surface area contributed by atoms with Crippen molar-refractivity contribution in [3.63, 3.8) is 0 Å². The predicted molar refractivity (Wildman–Crippen MR) is 72.6 cm³/mol. The molecular formula is C14H12BrF2N. The third-order valence-corrected chi connectivity index (χ3v) is 3.31. The van der Waals surface area contributed by atoms with Gasteiger partial charge in [0.2, 0.25) is 0 Å². The first-order valence-corrected chi connectivity index (χ1v) is 6.29. The number of hydrogen-bond donors (Lipinski definition) is 1. The summed E-state index contributed by atoms with van der Waals surface area (Å²) in [7, 11) is 0. The first kappa shape index (κ1) is 13.0. The summed E-state index contributed by atoms with van der Waals surface area (Å²) in [5.74, 6) is -0.513. The van der Waals surface area contributed by atoms with Crippen LogP contribution in [0.1, 0.15) is 11.1 Å². The molecule has 0 saturated heterocycles. The number of aryl methyl sites for hydroxylation is 1. The van der Waals surface area contributed by atoms with Gasteiger partial charge in [-0.1, -0.05) is 12.1 Å². The van der Waals surface area contributed by atoms with E-state index in [2.05, 4.69) is 21.2 Å². The van der Waals surface area contributed by atoms with Gasteiger partial charge in [0.15, 0.2) is 0 Å². The zero-order valence-electron chi connectivity index (χ0n) is 9.81. The second kappa shape index (κ2) is 5.48. The van der Waals surface area contributed by atoms with Gasteiger partial charge in [0.1, 0.15) is 11.6 Å². The molecule has 1 nitrogen and oxygen atoms in total. The maximum absolute atomic E-state index is 13.4. The molecule has 18 heavy (non-hydrogen) atoms. The molecular weight excluding hydrogens is 300 g/mol. The van der Waals surface area contributed by atoms with Gasteiger partial charge in [-0.2, -0.15) is 0 Å². The molecule has 0 unspecified atom stereocenters. The highest BCUT2D eigenvalue weighted by Gasteiger charge is 2.03. The molecule has 0 aliphatic carbocycles. The Kier molecular flexibility index (Phi) is 3.97. The lowest BCUT2D eigenvalue weighted by atomic mass is 10.1. The monoisotopic (exact) mass is 311 g/mol. The fourth-order valence-corrected chi connectivity index (χ4v) is 2.07. The quantitative estimate of drug-likeness (QED) is 0.870. The summed E-state index contributed by atoms with van der Waals surface area (Å²) in [5, 5.41) is 3.12. The van der Waals surface area contributed by atoms with Crippen LogP contribution in [-0.4, -0.2) is 0 Å². The van der Waals surface area contributed by atoms with E-state index in [1.807, 2.05) is 6.07 Å². The highest BCUT2D eigenvalue weighted by Crippen LogP contribution is 2.23. The van der Waals surface area contributed by atoms with Gasteiger partial charge in [0.05, 0.1) is 0 Å². The van der Waals surface area contributed by atoms with Crippen molar-refractivity contribution in [2.24, 2.45) is 0 Å². The van der Waals surface area contributed by atoms with E-state index in [-0.39, 0.29) is 11.6 Å². The Bertz CT molecular complexity index is 570. The Hall–Kier alpha value is -1.42. The molecule has 0 bridgehead atoms. The smallest absolute Gasteiger partial charge is 0.126 e. The molecule has 0 amide bonds. The van der Waals surface area contributed by atoms with Crippen LogP contribution in [0.25, 0.3) is 0 Å². The van der Waals surface area contributed by atoms with Crippen LogP contribution in [0, 0.1) is 18.6 Å². The van der Waals surface area contributed by atoms with E-state index in [4.69, 9.17) is 0 Å². The predicted octanol–water partition coefficient (Wildman–Crippen LogP) is 4.65. The number of halogens is 3. The van der Waals surface area contributed by atoms with Gasteiger partial charge in [-0.25, -0.2) is 8.78 Å². The Morgan fingerprint density at radius 3 is 2.56 bits per heavy atom. The lowest BCUT2D eigenvalue weighted by molar-refractivity contribution is 0.616. The van der Waals surface area contributed by atoms with Crippen molar-refractivity contribution in [2.75, 3.05) is 5.32 Å². The van der Waals surface area contributed by atoms with Crippen molar-refractivity contribution in [3.05, 3.63) is 63.6 Å². The molecule has 0 heterocycles. The minimum atomic E-state index is -0.297. The SMILES string of the molecule is Cc1ccc(CNc2ccc(F)cc2Br)cc1F. The van der Waals surface area contributed by atoms with Crippen LogP contribution in [0.15, 0.2) is 40.9 Å². The third-order valence-electron chi connectivity index (χ3n) is 2.65. The van der Waals surface area contributed by atoms with Gasteiger partial charge >= 0.3 is 0 Å². The lowest BCUT2D eigenvalue weighted by Gasteiger charge is -2.09. The standard InChI is InChI=1S/C14H12BrF2N/c1-9-2-3-10(6-13(9)17)8-18-14-5-4-11(16)7-12(14)15/h2-7,18H,8H2,1H3. The summed E-state index contributed by atoms with van der Waals surface area (Å²) < 4.78 is 26.9. The number of anilines is 1. The fraction of sp³-hybridized carbons (Fsp3) is 0.143. The van der Waals surface area contributed by atoms with Gasteiger partial charge in [0, 0.05) is 16.7 Å². The molecule has 0 radical (unpaired) electrons. The molecule has 0 fully saturated rings. The molecule has 0 atom stereocenters. The summed E-state index contributed by atoms with van der Waals surface area (Å²) in [6.07, 6.45) is 0. The molecule has 94 valence electrons. The van der Waals surface area contributed by atoms with Crippen LogP contribution < -0.4 is 5.32 Å². The summed E-state index contributed by atoms with van der Waals surface area (Å²) in [6, 6.07) is 9.51. The molecule has 0 aromatic heterocycles. The van der Waals surface area contributed by atoms with Gasteiger partial charge in [-0.15, -0.1) is 0 Å². The van der Waals surface area contributed by atoms with E-state index < -0.39 is 0 Å². The van der Waals surface area contributed by atoms with Crippen molar-refractivity contribution in [2.45, 2.75) is 13.5 Å². The lowest BCUT2D eigenvalue weighted by Crippen LogP contribution is -2.01. The van der Waals surface area contributed by atoms with Crippen LogP contribution >= 0.6 is 15.9 Å². The minimum absolute atomic E-state index is 0.215. The van der Waals surface area contributed by atoms with E-state index in [9.17, 15) is 8.78 Å². The topological polar surface area (TPSA) is 12.0 Å². The normalized spacial score (nSPS) is 10.4. The van der Waals surface area contributed by atoms with E-state index in [1.54, 1.807) is 19.1 Å². The first-order chi connectivity index (χ1) is 8.56. The Labute approximate surface area is 113 Å². The summed E-state index contributed by atoms with van der Waals surface area (Å²) >= 11 is 3.27. The largest absolute Gasteiger partial charge is 0.380 e. The Balaban J connectivity index is 2.09. The van der Waals surface area contributed by atoms with Crippen molar-refractivity contribution < 1.29 is 8.78 Å². The molecule has 0 spiro atoms. The molecule has 0 aliphatic rings. The van der Waals surface area contributed by atoms with Crippen LogP contribution in [0.3, 0.4) is 0 Å². The van der Waals surface area contributed by atoms with E-state index in [0.717, 1.165) is 11.3 Å². The van der Waals surface area contributed by atoms with Crippen molar-refractivity contribution in [1.29, 1.82) is 0 Å². The van der Waals surface area contributed by atoms with Crippen molar-refractivity contribution in [1.82, 2.24) is 0 Å². The van der Waals surface area contributed by atoms with Gasteiger partial charge in [-0.05, 0) is 58.2 Å². The van der Waals surface area contributed by atoms with Crippen molar-refractivity contribution >= 4 is 21.6 Å². The highest BCUT2D eigenvalue weighted by atomic mass is 79.9. The molecule has 2 aromatic rings. The Morgan fingerprint density at radius 2 is 1.89 bits per heavy atom. The van der Waals surface area contributed by atoms with Gasteiger partial charge in [0.25, 0.3) is 0 Å². The van der Waals surface area contributed by atoms with Crippen LogP contribution in [0.2, 0.25) is 0 Å². The average Bonchev–Trinajstić information content (AvgIpc) is 2.32. The maximum atomic E-state index is 13.4. The minimum Gasteiger partial charge on any atom is -0.380 e. The number of benzene rings is 2. The second-order valence-corrected chi connectivity index (χ2v) is 4.92. The summed E-state index contributed by atoms with van der Waals surface area (Å²) in [4.78, 5) is 0. The number of hydrogen-bond acceptors (Lipinski definition) is 1. The van der Waals surface area contributed by atoms with E-state index in [0.29, 0.717) is 16.6 Å². The third kappa shape index (κ3) is 3.07. The van der Waals surface area contributed by atoms with Crippen LogP contribution in [-0.2, 0) is 6.54 Å². The zero-order chi connectivity index (χ0) is 13.1.